The summed E-state index contributed by atoms with van der Waals surface area (Å²) in [6, 6.07) is 8.13. The van der Waals surface area contributed by atoms with Crippen LogP contribution < -0.4 is 21.5 Å². The first-order valence-electron chi connectivity index (χ1n) is 6.43. The molecule has 1 heterocycles. The van der Waals surface area contributed by atoms with Crippen LogP contribution in [0.3, 0.4) is 0 Å². The highest BCUT2D eigenvalue weighted by molar-refractivity contribution is 5.97. The van der Waals surface area contributed by atoms with E-state index in [1.54, 1.807) is 30.3 Å². The monoisotopic (exact) mass is 368 g/mol. The highest BCUT2D eigenvalue weighted by atomic mass is 79.9. The molecule has 2 aromatic rings. The highest BCUT2D eigenvalue weighted by Gasteiger charge is 2.35. The molecule has 1 aromatic heterocycles. The Labute approximate surface area is 139 Å². The number of nitrogens with zero attached hydrogens (tertiary/aromatic N) is 2. The third-order valence-corrected chi connectivity index (χ3v) is 2.96. The first-order chi connectivity index (χ1) is 10.1. The summed E-state index contributed by atoms with van der Waals surface area (Å²) >= 11 is 0. The lowest BCUT2D eigenvalue weighted by Gasteiger charge is -2.11. The molecule has 0 radical (unpaired) electrons. The predicted molar refractivity (Wildman–Crippen MR) is 72.9 cm³/mol. The van der Waals surface area contributed by atoms with Gasteiger partial charge in [-0.25, -0.2) is 18.7 Å². The largest absolute Gasteiger partial charge is 1.00 e. The first-order valence-corrected chi connectivity index (χ1v) is 6.43. The number of carbonyl (C=O) groups excluding carboxylic acids is 2. The van der Waals surface area contributed by atoms with Gasteiger partial charge in [-0.2, -0.15) is 0 Å². The standard InChI is InChI=1S/C15H17N2O4.BrH/c1-16-8-9-17(11-16)13(14(18)20-2)15(19)21-10-12-6-4-3-5-7-12;/h3-9,11,13H,10H2,1-2H3;1H/q+1;/p-1/t13-;/m1./s1. The Morgan fingerprint density at radius 1 is 1.23 bits per heavy atom. The topological polar surface area (TPSA) is 61.4 Å². The minimum absolute atomic E-state index is 0. The van der Waals surface area contributed by atoms with E-state index in [0.717, 1.165) is 5.56 Å². The predicted octanol–water partition coefficient (Wildman–Crippen LogP) is -2.23. The Hall–Kier alpha value is -2.15. The molecule has 118 valence electrons. The van der Waals surface area contributed by atoms with E-state index in [2.05, 4.69) is 4.74 Å². The third kappa shape index (κ3) is 4.42. The Balaban J connectivity index is 0.00000242. The fourth-order valence-electron chi connectivity index (χ4n) is 1.88. The lowest BCUT2D eigenvalue weighted by molar-refractivity contribution is -0.671. The molecule has 0 amide bonds. The van der Waals surface area contributed by atoms with Crippen LogP contribution in [-0.2, 0) is 32.7 Å². The van der Waals surface area contributed by atoms with Crippen molar-refractivity contribution in [1.82, 2.24) is 4.57 Å². The van der Waals surface area contributed by atoms with E-state index in [9.17, 15) is 9.59 Å². The molecule has 0 bridgehead atoms. The van der Waals surface area contributed by atoms with Crippen molar-refractivity contribution in [3.8, 4) is 0 Å². The summed E-state index contributed by atoms with van der Waals surface area (Å²) in [7, 11) is 3.03. The van der Waals surface area contributed by atoms with Gasteiger partial charge >= 0.3 is 11.9 Å². The maximum atomic E-state index is 12.2. The second kappa shape index (κ2) is 8.33. The van der Waals surface area contributed by atoms with Crippen LogP contribution in [0, 0.1) is 0 Å². The van der Waals surface area contributed by atoms with Crippen LogP contribution >= 0.6 is 0 Å². The highest BCUT2D eigenvalue weighted by Crippen LogP contribution is 2.12. The Morgan fingerprint density at radius 3 is 2.45 bits per heavy atom. The molecule has 22 heavy (non-hydrogen) atoms. The molecule has 2 rings (SSSR count). The van der Waals surface area contributed by atoms with Crippen LogP contribution in [0.4, 0.5) is 0 Å². The van der Waals surface area contributed by atoms with E-state index in [0.29, 0.717) is 0 Å². The van der Waals surface area contributed by atoms with Crippen molar-refractivity contribution in [3.63, 3.8) is 0 Å². The summed E-state index contributed by atoms with van der Waals surface area (Å²) in [4.78, 5) is 24.0. The van der Waals surface area contributed by atoms with Gasteiger partial charge in [0.05, 0.1) is 14.2 Å². The van der Waals surface area contributed by atoms with Crippen LogP contribution in [0.25, 0.3) is 0 Å². The molecule has 1 aromatic carbocycles. The van der Waals surface area contributed by atoms with Gasteiger partial charge in [0, 0.05) is 0 Å². The van der Waals surface area contributed by atoms with Crippen molar-refractivity contribution in [2.24, 2.45) is 7.05 Å². The lowest BCUT2D eigenvalue weighted by atomic mass is 10.2. The fourth-order valence-corrected chi connectivity index (χ4v) is 1.88. The zero-order chi connectivity index (χ0) is 15.2. The molecular weight excluding hydrogens is 352 g/mol. The molecule has 0 fully saturated rings. The molecule has 7 heteroatoms. The number of aryl methyl sites for hydroxylation is 1. The minimum Gasteiger partial charge on any atom is -1.00 e. The minimum atomic E-state index is -1.14. The van der Waals surface area contributed by atoms with E-state index in [1.165, 1.54) is 11.7 Å². The molecule has 0 aliphatic rings. The average molecular weight is 369 g/mol. The maximum absolute atomic E-state index is 12.2. The van der Waals surface area contributed by atoms with Crippen molar-refractivity contribution < 1.29 is 40.6 Å². The van der Waals surface area contributed by atoms with Crippen LogP contribution in [0.2, 0.25) is 0 Å². The molecule has 0 N–H and O–H groups in total. The van der Waals surface area contributed by atoms with Crippen molar-refractivity contribution >= 4 is 11.9 Å². The zero-order valence-electron chi connectivity index (χ0n) is 12.3. The van der Waals surface area contributed by atoms with Crippen molar-refractivity contribution in [3.05, 3.63) is 54.6 Å². The molecule has 0 aliphatic carbocycles. The molecule has 0 spiro atoms. The number of halogens is 1. The van der Waals surface area contributed by atoms with Crippen molar-refractivity contribution in [1.29, 1.82) is 0 Å². The Morgan fingerprint density at radius 2 is 1.91 bits per heavy atom. The first kappa shape index (κ1) is 17.9. The molecule has 0 aliphatic heterocycles. The molecular formula is C15H17BrN2O4. The van der Waals surface area contributed by atoms with E-state index in [-0.39, 0.29) is 23.6 Å². The number of ether oxygens (including phenoxy) is 2. The maximum Gasteiger partial charge on any atom is 0.364 e. The van der Waals surface area contributed by atoms with Gasteiger partial charge in [-0.3, -0.25) is 0 Å². The van der Waals surface area contributed by atoms with E-state index < -0.39 is 18.0 Å². The summed E-state index contributed by atoms with van der Waals surface area (Å²) in [5, 5.41) is 0. The van der Waals surface area contributed by atoms with Gasteiger partial charge in [0.1, 0.15) is 19.0 Å². The molecule has 0 unspecified atom stereocenters. The van der Waals surface area contributed by atoms with Gasteiger partial charge in [0.2, 0.25) is 6.33 Å². The molecule has 6 nitrogen and oxygen atoms in total. The quantitative estimate of drug-likeness (QED) is 0.340. The number of rotatable bonds is 5. The van der Waals surface area contributed by atoms with Gasteiger partial charge in [-0.05, 0) is 5.56 Å². The van der Waals surface area contributed by atoms with E-state index >= 15 is 0 Å². The SMILES string of the molecule is COC(=O)[C@H](C(=O)OCc1ccccc1)n1cc[n+](C)c1.[Br-]. The number of esters is 2. The summed E-state index contributed by atoms with van der Waals surface area (Å²) in [5.41, 5.74) is 0.854. The Bertz CT molecular complexity index is 627. The van der Waals surface area contributed by atoms with Crippen molar-refractivity contribution in [2.75, 3.05) is 7.11 Å². The number of methoxy groups -OCH3 is 1. The van der Waals surface area contributed by atoms with Crippen LogP contribution in [-0.4, -0.2) is 23.6 Å². The summed E-state index contributed by atoms with van der Waals surface area (Å²) in [6.45, 7) is 0.112. The molecule has 1 atom stereocenters. The number of hydrogen-bond donors (Lipinski definition) is 0. The van der Waals surface area contributed by atoms with Crippen LogP contribution in [0.5, 0.6) is 0 Å². The van der Waals surface area contributed by atoms with E-state index in [1.807, 2.05) is 30.3 Å². The smallest absolute Gasteiger partial charge is 0.364 e. The number of carbonyl (C=O) groups is 2. The molecule has 0 saturated heterocycles. The van der Waals surface area contributed by atoms with Gasteiger partial charge in [0.25, 0.3) is 6.04 Å². The lowest BCUT2D eigenvalue weighted by Crippen LogP contribution is -3.00. The number of hydrogen-bond acceptors (Lipinski definition) is 4. The summed E-state index contributed by atoms with van der Waals surface area (Å²) in [5.74, 6) is -1.31. The van der Waals surface area contributed by atoms with Gasteiger partial charge in [0.15, 0.2) is 0 Å². The summed E-state index contributed by atoms with van der Waals surface area (Å²) < 4.78 is 13.1. The van der Waals surface area contributed by atoms with Gasteiger partial charge in [-0.15, -0.1) is 0 Å². The van der Waals surface area contributed by atoms with Crippen molar-refractivity contribution in [2.45, 2.75) is 12.6 Å². The number of benzene rings is 1. The van der Waals surface area contributed by atoms with Gasteiger partial charge in [-0.1, -0.05) is 30.3 Å². The molecule has 0 saturated carbocycles. The number of imidazole rings is 1. The van der Waals surface area contributed by atoms with Gasteiger partial charge < -0.3 is 26.5 Å². The zero-order valence-corrected chi connectivity index (χ0v) is 13.9. The van der Waals surface area contributed by atoms with E-state index in [4.69, 9.17) is 4.74 Å². The Kier molecular flexibility index (Phi) is 6.78. The van der Waals surface area contributed by atoms with Crippen LogP contribution in [0.1, 0.15) is 11.6 Å². The second-order valence-electron chi connectivity index (χ2n) is 4.55. The average Bonchev–Trinajstić information content (AvgIpc) is 2.92. The van der Waals surface area contributed by atoms with Crippen LogP contribution in [0.15, 0.2) is 49.1 Å². The second-order valence-corrected chi connectivity index (χ2v) is 4.55. The number of aromatic nitrogens is 2. The fraction of sp³-hybridized carbons (Fsp3) is 0.267. The summed E-state index contributed by atoms with van der Waals surface area (Å²) in [6.07, 6.45) is 4.96. The normalized spacial score (nSPS) is 11.2. The third-order valence-electron chi connectivity index (χ3n) is 2.96.